The van der Waals surface area contributed by atoms with Gasteiger partial charge in [0.15, 0.2) is 11.5 Å². The molecule has 0 fully saturated rings. The number of fused-ring (bicyclic) bond motifs is 1. The van der Waals surface area contributed by atoms with E-state index < -0.39 is 0 Å². The lowest BCUT2D eigenvalue weighted by molar-refractivity contribution is 0.171. The number of rotatable bonds is 3. The highest BCUT2D eigenvalue weighted by Crippen LogP contribution is 2.32. The van der Waals surface area contributed by atoms with Gasteiger partial charge >= 0.3 is 0 Å². The number of anilines is 1. The minimum atomic E-state index is -0.332. The largest absolute Gasteiger partial charge is 0.486 e. The Kier molecular flexibility index (Phi) is 3.18. The first-order valence-electron chi connectivity index (χ1n) is 6.04. The minimum Gasteiger partial charge on any atom is -0.486 e. The van der Waals surface area contributed by atoms with Crippen molar-refractivity contribution in [1.82, 2.24) is 4.98 Å². The van der Waals surface area contributed by atoms with Gasteiger partial charge in [-0.3, -0.25) is 4.98 Å². The molecule has 5 heteroatoms. The Balaban J connectivity index is 1.70. The van der Waals surface area contributed by atoms with E-state index >= 15 is 0 Å². The van der Waals surface area contributed by atoms with Crippen molar-refractivity contribution >= 4 is 5.69 Å². The van der Waals surface area contributed by atoms with Crippen LogP contribution < -0.4 is 14.8 Å². The fraction of sp³-hybridized carbons (Fsp3) is 0.214. The van der Waals surface area contributed by atoms with E-state index in [0.29, 0.717) is 19.8 Å². The lowest BCUT2D eigenvalue weighted by atomic mass is 10.2. The van der Waals surface area contributed by atoms with Crippen LogP contribution >= 0.6 is 0 Å². The molecule has 1 aromatic carbocycles. The molecule has 19 heavy (non-hydrogen) atoms. The quantitative estimate of drug-likeness (QED) is 0.921. The van der Waals surface area contributed by atoms with Gasteiger partial charge < -0.3 is 14.8 Å². The van der Waals surface area contributed by atoms with Crippen LogP contribution in [0.15, 0.2) is 36.7 Å². The molecule has 3 rings (SSSR count). The van der Waals surface area contributed by atoms with Gasteiger partial charge in [-0.2, -0.15) is 0 Å². The Morgan fingerprint density at radius 3 is 2.79 bits per heavy atom. The number of halogens is 1. The van der Waals surface area contributed by atoms with Crippen molar-refractivity contribution in [3.63, 3.8) is 0 Å². The van der Waals surface area contributed by atoms with Crippen LogP contribution in [0.1, 0.15) is 5.56 Å². The molecule has 0 unspecified atom stereocenters. The van der Waals surface area contributed by atoms with Crippen LogP contribution in [0.5, 0.6) is 11.5 Å². The standard InChI is InChI=1S/C14H13FN2O2/c15-11-5-10(7-16-9-11)8-17-12-1-2-13-14(6-12)19-4-3-18-13/h1-2,5-7,9,17H,3-4,8H2. The maximum Gasteiger partial charge on any atom is 0.163 e. The van der Waals surface area contributed by atoms with Crippen molar-refractivity contribution in [3.05, 3.63) is 48.0 Å². The summed E-state index contributed by atoms with van der Waals surface area (Å²) in [7, 11) is 0. The molecule has 0 bridgehead atoms. The van der Waals surface area contributed by atoms with Gasteiger partial charge in [-0.15, -0.1) is 0 Å². The molecule has 0 saturated heterocycles. The monoisotopic (exact) mass is 260 g/mol. The summed E-state index contributed by atoms with van der Waals surface area (Å²) in [6.45, 7) is 1.64. The Labute approximate surface area is 110 Å². The van der Waals surface area contributed by atoms with Crippen LogP contribution in [0.25, 0.3) is 0 Å². The lowest BCUT2D eigenvalue weighted by Crippen LogP contribution is -2.15. The van der Waals surface area contributed by atoms with Gasteiger partial charge in [0, 0.05) is 24.5 Å². The number of nitrogens with zero attached hydrogens (tertiary/aromatic N) is 1. The molecule has 0 aliphatic carbocycles. The summed E-state index contributed by atoms with van der Waals surface area (Å²) in [4.78, 5) is 3.81. The summed E-state index contributed by atoms with van der Waals surface area (Å²) in [5, 5.41) is 3.20. The molecule has 1 N–H and O–H groups in total. The van der Waals surface area contributed by atoms with Gasteiger partial charge in [-0.1, -0.05) is 0 Å². The van der Waals surface area contributed by atoms with Gasteiger partial charge in [0.25, 0.3) is 0 Å². The molecule has 1 aromatic heterocycles. The second-order valence-corrected chi connectivity index (χ2v) is 4.22. The van der Waals surface area contributed by atoms with Crippen LogP contribution in [-0.2, 0) is 6.54 Å². The number of benzene rings is 1. The van der Waals surface area contributed by atoms with Crippen LogP contribution in [0.2, 0.25) is 0 Å². The molecule has 4 nitrogen and oxygen atoms in total. The highest BCUT2D eigenvalue weighted by molar-refractivity contribution is 5.55. The van der Waals surface area contributed by atoms with E-state index in [1.807, 2.05) is 18.2 Å². The average Bonchev–Trinajstić information content (AvgIpc) is 2.45. The van der Waals surface area contributed by atoms with E-state index in [-0.39, 0.29) is 5.82 Å². The van der Waals surface area contributed by atoms with E-state index in [1.54, 1.807) is 6.20 Å². The topological polar surface area (TPSA) is 43.4 Å². The van der Waals surface area contributed by atoms with Gasteiger partial charge in [0.1, 0.15) is 19.0 Å². The fourth-order valence-electron chi connectivity index (χ4n) is 1.91. The van der Waals surface area contributed by atoms with Gasteiger partial charge in [-0.05, 0) is 23.8 Å². The molecule has 0 atom stereocenters. The minimum absolute atomic E-state index is 0.332. The van der Waals surface area contributed by atoms with Crippen molar-refractivity contribution in [3.8, 4) is 11.5 Å². The molecular formula is C14H13FN2O2. The van der Waals surface area contributed by atoms with Crippen molar-refractivity contribution in [2.24, 2.45) is 0 Å². The third-order valence-corrected chi connectivity index (χ3v) is 2.80. The summed E-state index contributed by atoms with van der Waals surface area (Å²) in [6.07, 6.45) is 2.82. The molecule has 0 radical (unpaired) electrons. The van der Waals surface area contributed by atoms with Crippen molar-refractivity contribution in [2.45, 2.75) is 6.54 Å². The normalized spacial score (nSPS) is 13.1. The van der Waals surface area contributed by atoms with E-state index in [1.165, 1.54) is 12.3 Å². The van der Waals surface area contributed by atoms with E-state index in [4.69, 9.17) is 9.47 Å². The summed E-state index contributed by atoms with van der Waals surface area (Å²) < 4.78 is 23.9. The maximum absolute atomic E-state index is 13.0. The smallest absolute Gasteiger partial charge is 0.163 e. The Morgan fingerprint density at radius 2 is 1.95 bits per heavy atom. The molecule has 98 valence electrons. The number of nitrogens with one attached hydrogen (secondary N) is 1. The summed E-state index contributed by atoms with van der Waals surface area (Å²) in [5.74, 6) is 1.15. The SMILES string of the molecule is Fc1cncc(CNc2ccc3c(c2)OCCO3)c1. The molecule has 2 aromatic rings. The molecule has 1 aliphatic heterocycles. The number of aromatic nitrogens is 1. The predicted molar refractivity (Wildman–Crippen MR) is 69.0 cm³/mol. The molecule has 0 saturated carbocycles. The number of hydrogen-bond acceptors (Lipinski definition) is 4. The zero-order valence-electron chi connectivity index (χ0n) is 10.2. The Morgan fingerprint density at radius 1 is 1.11 bits per heavy atom. The summed E-state index contributed by atoms with van der Waals surface area (Å²) in [5.41, 5.74) is 1.68. The van der Waals surface area contributed by atoms with Crippen molar-refractivity contribution < 1.29 is 13.9 Å². The Bertz CT molecular complexity index is 589. The van der Waals surface area contributed by atoms with Crippen molar-refractivity contribution in [1.29, 1.82) is 0 Å². The fourth-order valence-corrected chi connectivity index (χ4v) is 1.91. The lowest BCUT2D eigenvalue weighted by Gasteiger charge is -2.19. The first kappa shape index (κ1) is 11.8. The second kappa shape index (κ2) is 5.14. The highest BCUT2D eigenvalue weighted by Gasteiger charge is 2.11. The highest BCUT2D eigenvalue weighted by atomic mass is 19.1. The molecular weight excluding hydrogens is 247 g/mol. The van der Waals surface area contributed by atoms with Crippen molar-refractivity contribution in [2.75, 3.05) is 18.5 Å². The number of ether oxygens (including phenoxy) is 2. The predicted octanol–water partition coefficient (Wildman–Crippen LogP) is 2.60. The van der Waals surface area contributed by atoms with Gasteiger partial charge in [-0.25, -0.2) is 4.39 Å². The van der Waals surface area contributed by atoms with E-state index in [9.17, 15) is 4.39 Å². The number of hydrogen-bond donors (Lipinski definition) is 1. The first-order chi connectivity index (χ1) is 9.31. The van der Waals surface area contributed by atoms with Crippen LogP contribution in [0.4, 0.5) is 10.1 Å². The third-order valence-electron chi connectivity index (χ3n) is 2.80. The zero-order chi connectivity index (χ0) is 13.1. The van der Waals surface area contributed by atoms with Gasteiger partial charge in [0.2, 0.25) is 0 Å². The maximum atomic E-state index is 13.0. The summed E-state index contributed by atoms with van der Waals surface area (Å²) in [6, 6.07) is 7.10. The van der Waals surface area contributed by atoms with Gasteiger partial charge in [0.05, 0.1) is 6.20 Å². The van der Waals surface area contributed by atoms with E-state index in [0.717, 1.165) is 22.7 Å². The van der Waals surface area contributed by atoms with Crippen LogP contribution in [-0.4, -0.2) is 18.2 Å². The van der Waals surface area contributed by atoms with Crippen LogP contribution in [0.3, 0.4) is 0 Å². The molecule has 0 amide bonds. The average molecular weight is 260 g/mol. The summed E-state index contributed by atoms with van der Waals surface area (Å²) >= 11 is 0. The zero-order valence-corrected chi connectivity index (χ0v) is 10.2. The Hall–Kier alpha value is -2.30. The third kappa shape index (κ3) is 2.76. The molecule has 2 heterocycles. The number of pyridine rings is 1. The second-order valence-electron chi connectivity index (χ2n) is 4.22. The van der Waals surface area contributed by atoms with E-state index in [2.05, 4.69) is 10.3 Å². The molecule has 0 spiro atoms. The van der Waals surface area contributed by atoms with Crippen LogP contribution in [0, 0.1) is 5.82 Å². The first-order valence-corrected chi connectivity index (χ1v) is 6.04. The molecule has 1 aliphatic rings.